The molecule has 0 aromatic carbocycles. The number of aliphatic imine (C=N–C) groups is 1. The molecule has 0 aliphatic rings. The van der Waals surface area contributed by atoms with E-state index in [0.29, 0.717) is 0 Å². The smallest absolute Gasteiger partial charge is 0.0401 e. The molecule has 0 saturated heterocycles. The lowest BCUT2D eigenvalue weighted by molar-refractivity contribution is 0.403. The fourth-order valence-corrected chi connectivity index (χ4v) is 0.699. The first-order chi connectivity index (χ1) is 5.13. The van der Waals surface area contributed by atoms with Crippen LogP contribution in [0.1, 0.15) is 13.3 Å². The number of allylic oxidation sites excluding steroid dienone is 1. The lowest BCUT2D eigenvalue weighted by atomic mass is 10.4. The fourth-order valence-electron chi connectivity index (χ4n) is 0.699. The minimum Gasteiger partial charge on any atom is -0.309 e. The van der Waals surface area contributed by atoms with E-state index in [1.807, 2.05) is 13.1 Å². The summed E-state index contributed by atoms with van der Waals surface area (Å²) in [7, 11) is 4.14. The summed E-state index contributed by atoms with van der Waals surface area (Å²) < 4.78 is 0. The Morgan fingerprint density at radius 3 is 2.64 bits per heavy atom. The van der Waals surface area contributed by atoms with Crippen molar-refractivity contribution in [3.63, 3.8) is 0 Å². The third-order valence-electron chi connectivity index (χ3n) is 1.20. The lowest BCUT2D eigenvalue weighted by Gasteiger charge is -2.06. The average molecular weight is 154 g/mol. The van der Waals surface area contributed by atoms with Crippen LogP contribution in [0.2, 0.25) is 0 Å². The van der Waals surface area contributed by atoms with Gasteiger partial charge in [-0.25, -0.2) is 0 Å². The third-order valence-corrected chi connectivity index (χ3v) is 1.20. The van der Waals surface area contributed by atoms with Crippen LogP contribution in [0, 0.1) is 0 Å². The van der Waals surface area contributed by atoms with Crippen molar-refractivity contribution in [1.29, 1.82) is 0 Å². The molecule has 0 bridgehead atoms. The molecule has 0 radical (unpaired) electrons. The monoisotopic (exact) mass is 154 g/mol. The van der Waals surface area contributed by atoms with Crippen LogP contribution in [0.4, 0.5) is 0 Å². The summed E-state index contributed by atoms with van der Waals surface area (Å²) in [4.78, 5) is 6.35. The largest absolute Gasteiger partial charge is 0.309 e. The van der Waals surface area contributed by atoms with Gasteiger partial charge in [0.1, 0.15) is 0 Å². The summed E-state index contributed by atoms with van der Waals surface area (Å²) in [5, 5.41) is 0. The van der Waals surface area contributed by atoms with Crippen molar-refractivity contribution in [2.75, 3.05) is 27.2 Å². The first-order valence-electron chi connectivity index (χ1n) is 3.93. The van der Waals surface area contributed by atoms with E-state index in [-0.39, 0.29) is 0 Å². The van der Waals surface area contributed by atoms with Crippen molar-refractivity contribution >= 4 is 6.21 Å². The normalized spacial score (nSPS) is 11.3. The molecular formula is C9H18N2. The zero-order valence-corrected chi connectivity index (χ0v) is 7.80. The molecule has 64 valence electrons. The van der Waals surface area contributed by atoms with Crippen molar-refractivity contribution in [2.45, 2.75) is 13.3 Å². The Morgan fingerprint density at radius 1 is 1.55 bits per heavy atom. The van der Waals surface area contributed by atoms with Crippen LogP contribution in [0.3, 0.4) is 0 Å². The van der Waals surface area contributed by atoms with Crippen LogP contribution in [-0.4, -0.2) is 38.3 Å². The van der Waals surface area contributed by atoms with Crippen molar-refractivity contribution in [2.24, 2.45) is 4.99 Å². The number of rotatable bonds is 5. The van der Waals surface area contributed by atoms with E-state index in [4.69, 9.17) is 0 Å². The zero-order chi connectivity index (χ0) is 8.69. The van der Waals surface area contributed by atoms with Crippen LogP contribution in [0.5, 0.6) is 0 Å². The predicted molar refractivity (Wildman–Crippen MR) is 51.3 cm³/mol. The van der Waals surface area contributed by atoms with Crippen LogP contribution >= 0.6 is 0 Å². The Kier molecular flexibility index (Phi) is 5.75. The molecule has 0 atom stereocenters. The van der Waals surface area contributed by atoms with Crippen LogP contribution < -0.4 is 0 Å². The molecule has 0 N–H and O–H groups in total. The first kappa shape index (κ1) is 10.4. The van der Waals surface area contributed by atoms with E-state index < -0.39 is 0 Å². The second-order valence-corrected chi connectivity index (χ2v) is 3.04. The molecule has 0 aromatic rings. The quantitative estimate of drug-likeness (QED) is 0.433. The molecule has 0 spiro atoms. The maximum Gasteiger partial charge on any atom is 0.0401 e. The molecule has 0 unspecified atom stereocenters. The third kappa shape index (κ3) is 9.37. The van der Waals surface area contributed by atoms with Crippen LogP contribution in [0.15, 0.2) is 17.1 Å². The van der Waals surface area contributed by atoms with Gasteiger partial charge in [0.15, 0.2) is 0 Å². The van der Waals surface area contributed by atoms with Crippen molar-refractivity contribution < 1.29 is 0 Å². The summed E-state index contributed by atoms with van der Waals surface area (Å²) >= 11 is 0. The zero-order valence-electron chi connectivity index (χ0n) is 7.80. The van der Waals surface area contributed by atoms with Gasteiger partial charge < -0.3 is 4.90 Å². The highest BCUT2D eigenvalue weighted by molar-refractivity contribution is 5.76. The Morgan fingerprint density at radius 2 is 2.18 bits per heavy atom. The molecule has 0 rings (SSSR count). The highest BCUT2D eigenvalue weighted by Gasteiger charge is 1.87. The molecule has 11 heavy (non-hydrogen) atoms. The molecule has 2 nitrogen and oxygen atoms in total. The Balaban J connectivity index is 3.21. The molecular weight excluding hydrogens is 136 g/mol. The van der Waals surface area contributed by atoms with Gasteiger partial charge in [-0.3, -0.25) is 4.99 Å². The van der Waals surface area contributed by atoms with Gasteiger partial charge in [-0.2, -0.15) is 0 Å². The molecule has 0 aliphatic heterocycles. The molecule has 0 saturated carbocycles. The minimum absolute atomic E-state index is 0.908. The lowest BCUT2D eigenvalue weighted by Crippen LogP contribution is -2.13. The van der Waals surface area contributed by atoms with Gasteiger partial charge in [0.05, 0.1) is 0 Å². The molecule has 2 heteroatoms. The van der Waals surface area contributed by atoms with Gasteiger partial charge in [0.2, 0.25) is 0 Å². The number of hydrogen-bond acceptors (Lipinski definition) is 2. The molecule has 0 aliphatic carbocycles. The van der Waals surface area contributed by atoms with Crippen molar-refractivity contribution in [3.05, 3.63) is 12.2 Å². The summed E-state index contributed by atoms with van der Waals surface area (Å²) in [6.07, 6.45) is 2.95. The Labute approximate surface area is 69.6 Å². The second-order valence-electron chi connectivity index (χ2n) is 3.04. The molecule has 0 aromatic heterocycles. The van der Waals surface area contributed by atoms with E-state index in [1.165, 1.54) is 0 Å². The predicted octanol–water partition coefficient (Wildman–Crippen LogP) is 1.58. The summed E-state index contributed by atoms with van der Waals surface area (Å²) in [6.45, 7) is 7.69. The highest BCUT2D eigenvalue weighted by atomic mass is 15.0. The summed E-state index contributed by atoms with van der Waals surface area (Å²) in [5.41, 5.74) is 1.02. The van der Waals surface area contributed by atoms with Gasteiger partial charge in [-0.15, -0.1) is 0 Å². The van der Waals surface area contributed by atoms with Gasteiger partial charge in [-0.05, 0) is 39.6 Å². The molecule has 0 fully saturated rings. The van der Waals surface area contributed by atoms with Crippen molar-refractivity contribution in [3.8, 4) is 0 Å². The second kappa shape index (κ2) is 6.10. The topological polar surface area (TPSA) is 15.6 Å². The van der Waals surface area contributed by atoms with E-state index in [9.17, 15) is 0 Å². The van der Waals surface area contributed by atoms with E-state index in [2.05, 4.69) is 30.6 Å². The van der Waals surface area contributed by atoms with Gasteiger partial charge in [-0.1, -0.05) is 6.58 Å². The van der Waals surface area contributed by atoms with E-state index >= 15 is 0 Å². The number of hydrogen-bond donors (Lipinski definition) is 0. The van der Waals surface area contributed by atoms with Crippen LogP contribution in [0.25, 0.3) is 0 Å². The standard InChI is InChI=1S/C9H18N2/c1-9(2)8-10-6-5-7-11(3)4/h8H,1,5-7H2,2-4H3/b10-8+. The number of nitrogens with zero attached hydrogens (tertiary/aromatic N) is 2. The summed E-state index contributed by atoms with van der Waals surface area (Å²) in [6, 6.07) is 0. The maximum atomic E-state index is 4.19. The van der Waals surface area contributed by atoms with E-state index in [0.717, 1.165) is 25.1 Å². The molecule has 0 amide bonds. The molecule has 0 heterocycles. The Bertz CT molecular complexity index is 136. The SMILES string of the molecule is C=C(C)/C=N/CCCN(C)C. The van der Waals surface area contributed by atoms with Gasteiger partial charge >= 0.3 is 0 Å². The summed E-state index contributed by atoms with van der Waals surface area (Å²) in [5.74, 6) is 0. The van der Waals surface area contributed by atoms with Gasteiger partial charge in [0, 0.05) is 12.8 Å². The highest BCUT2D eigenvalue weighted by Crippen LogP contribution is 1.85. The van der Waals surface area contributed by atoms with E-state index in [1.54, 1.807) is 0 Å². The van der Waals surface area contributed by atoms with Gasteiger partial charge in [0.25, 0.3) is 0 Å². The van der Waals surface area contributed by atoms with Crippen LogP contribution in [-0.2, 0) is 0 Å². The maximum absolute atomic E-state index is 4.19. The first-order valence-corrected chi connectivity index (χ1v) is 3.93. The fraction of sp³-hybridized carbons (Fsp3) is 0.667. The minimum atomic E-state index is 0.908. The average Bonchev–Trinajstić information content (AvgIpc) is 1.85. The Hall–Kier alpha value is -0.630. The van der Waals surface area contributed by atoms with Crippen molar-refractivity contribution in [1.82, 2.24) is 4.90 Å².